The molecule has 0 aromatic carbocycles. The van der Waals surface area contributed by atoms with Crippen molar-refractivity contribution in [1.29, 1.82) is 0 Å². The molecule has 478 valence electrons. The fraction of sp³-hybridized carbons (Fsp3) is 0.914. The van der Waals surface area contributed by atoms with Crippen LogP contribution < -0.4 is 5.32 Å². The Morgan fingerprint density at radius 3 is 1.21 bits per heavy atom. The molecule has 11 heteroatoms. The maximum atomic E-state index is 13.4. The lowest BCUT2D eigenvalue weighted by Crippen LogP contribution is -2.61. The molecule has 0 spiro atoms. The molecule has 11 nitrogen and oxygen atoms in total. The number of esters is 1. The summed E-state index contributed by atoms with van der Waals surface area (Å²) in [4.78, 5) is 26.6. The van der Waals surface area contributed by atoms with Crippen LogP contribution in [0.4, 0.5) is 0 Å². The maximum absolute atomic E-state index is 13.4. The third-order valence-electron chi connectivity index (χ3n) is 16.9. The minimum absolute atomic E-state index is 0.130. The second kappa shape index (κ2) is 58.5. The lowest BCUT2D eigenvalue weighted by molar-refractivity contribution is -0.305. The number of nitrogens with one attached hydrogen (secondary N) is 1. The molecular weight excluding hydrogens is 1010 g/mol. The van der Waals surface area contributed by atoms with E-state index in [4.69, 9.17) is 14.2 Å². The summed E-state index contributed by atoms with van der Waals surface area (Å²) in [6, 6.07) is -1.02. The zero-order valence-electron chi connectivity index (χ0n) is 53.2. The number of carbonyl (C=O) groups is 2. The number of amides is 1. The average molecular weight is 1150 g/mol. The minimum Gasteiger partial charge on any atom is -0.454 e. The standard InChI is InChI=1S/C70H133NO10/c1-4-7-10-13-16-19-22-25-27-28-29-30-31-32-33-34-35-36-37-40-43-46-49-52-55-58-65(75)81-68-67(77)66(76)64(59-72)80-70(68)79-60-61(62(73)56-53-50-47-44-41-38-24-21-18-15-12-9-6-3)71-69(78)63(74)57-54-51-48-45-42-39-26-23-20-17-14-11-8-5-2/h20,23,53,56,61-64,66-68,70,72-74,76-77H,4-19,21-22,24-52,54-55,57-60H2,1-3H3,(H,71,78)/b23-20-,56-53+. The highest BCUT2D eigenvalue weighted by atomic mass is 16.7. The highest BCUT2D eigenvalue weighted by molar-refractivity contribution is 5.80. The summed E-state index contributed by atoms with van der Waals surface area (Å²) in [5, 5.41) is 57.1. The number of carbonyl (C=O) groups excluding carboxylic acids is 2. The molecule has 0 bridgehead atoms. The van der Waals surface area contributed by atoms with Crippen LogP contribution in [0.3, 0.4) is 0 Å². The topological polar surface area (TPSA) is 175 Å². The van der Waals surface area contributed by atoms with Crippen LogP contribution >= 0.6 is 0 Å². The van der Waals surface area contributed by atoms with Crippen molar-refractivity contribution in [3.05, 3.63) is 24.3 Å². The molecule has 1 heterocycles. The summed E-state index contributed by atoms with van der Waals surface area (Å²) >= 11 is 0. The Kier molecular flexibility index (Phi) is 55.7. The summed E-state index contributed by atoms with van der Waals surface area (Å²) in [6.45, 7) is 5.83. The lowest BCUT2D eigenvalue weighted by atomic mass is 9.99. The van der Waals surface area contributed by atoms with Gasteiger partial charge in [-0.2, -0.15) is 0 Å². The first-order valence-electron chi connectivity index (χ1n) is 35.1. The van der Waals surface area contributed by atoms with Crippen LogP contribution in [0.1, 0.15) is 348 Å². The number of ether oxygens (including phenoxy) is 3. The fourth-order valence-corrected chi connectivity index (χ4v) is 11.3. The van der Waals surface area contributed by atoms with E-state index in [2.05, 4.69) is 38.2 Å². The molecular formula is C70H133NO10. The fourth-order valence-electron chi connectivity index (χ4n) is 11.3. The number of unbranched alkanes of at least 4 members (excludes halogenated alkanes) is 45. The maximum Gasteiger partial charge on any atom is 0.306 e. The number of hydrogen-bond acceptors (Lipinski definition) is 10. The second-order valence-electron chi connectivity index (χ2n) is 24.6. The molecule has 0 radical (unpaired) electrons. The molecule has 8 unspecified atom stereocenters. The number of aliphatic hydroxyl groups excluding tert-OH is 5. The quantitative estimate of drug-likeness (QED) is 0.0195. The van der Waals surface area contributed by atoms with Gasteiger partial charge in [0.2, 0.25) is 5.91 Å². The van der Waals surface area contributed by atoms with Crippen molar-refractivity contribution in [3.8, 4) is 0 Å². The van der Waals surface area contributed by atoms with Crippen LogP contribution in [-0.2, 0) is 23.8 Å². The summed E-state index contributed by atoms with van der Waals surface area (Å²) < 4.78 is 17.7. The van der Waals surface area contributed by atoms with Crippen LogP contribution in [0.25, 0.3) is 0 Å². The van der Waals surface area contributed by atoms with E-state index < -0.39 is 67.4 Å². The smallest absolute Gasteiger partial charge is 0.306 e. The van der Waals surface area contributed by atoms with E-state index in [-0.39, 0.29) is 19.4 Å². The van der Waals surface area contributed by atoms with E-state index in [9.17, 15) is 35.1 Å². The Labute approximate surface area is 499 Å². The van der Waals surface area contributed by atoms with E-state index in [0.717, 1.165) is 70.6 Å². The van der Waals surface area contributed by atoms with Crippen LogP contribution in [0.5, 0.6) is 0 Å². The van der Waals surface area contributed by atoms with E-state index in [0.29, 0.717) is 12.8 Å². The normalized spacial score (nSPS) is 18.7. The van der Waals surface area contributed by atoms with Gasteiger partial charge in [-0.25, -0.2) is 0 Å². The van der Waals surface area contributed by atoms with Gasteiger partial charge in [0, 0.05) is 6.42 Å². The van der Waals surface area contributed by atoms with Gasteiger partial charge in [-0.05, 0) is 51.4 Å². The zero-order chi connectivity index (χ0) is 58.9. The molecule has 0 aromatic rings. The first-order valence-corrected chi connectivity index (χ1v) is 35.1. The Balaban J connectivity index is 2.55. The third-order valence-corrected chi connectivity index (χ3v) is 16.9. The number of allylic oxidation sites excluding steroid dienone is 3. The monoisotopic (exact) mass is 1150 g/mol. The average Bonchev–Trinajstić information content (AvgIpc) is 3.46. The van der Waals surface area contributed by atoms with Crippen molar-refractivity contribution in [2.75, 3.05) is 13.2 Å². The van der Waals surface area contributed by atoms with E-state index in [1.165, 1.54) is 231 Å². The van der Waals surface area contributed by atoms with Crippen LogP contribution in [-0.4, -0.2) is 99.6 Å². The van der Waals surface area contributed by atoms with Crippen molar-refractivity contribution in [2.24, 2.45) is 0 Å². The predicted molar refractivity (Wildman–Crippen MR) is 338 cm³/mol. The highest BCUT2D eigenvalue weighted by Crippen LogP contribution is 2.26. The van der Waals surface area contributed by atoms with E-state index >= 15 is 0 Å². The highest BCUT2D eigenvalue weighted by Gasteiger charge is 2.47. The minimum atomic E-state index is -1.61. The van der Waals surface area contributed by atoms with Gasteiger partial charge in [-0.15, -0.1) is 0 Å². The number of rotatable bonds is 61. The van der Waals surface area contributed by atoms with Gasteiger partial charge in [0.05, 0.1) is 25.4 Å². The van der Waals surface area contributed by atoms with Gasteiger partial charge < -0.3 is 45.1 Å². The largest absolute Gasteiger partial charge is 0.454 e. The first-order chi connectivity index (χ1) is 39.7. The molecule has 8 atom stereocenters. The Morgan fingerprint density at radius 2 is 0.815 bits per heavy atom. The van der Waals surface area contributed by atoms with Crippen molar-refractivity contribution in [2.45, 2.75) is 397 Å². The summed E-state index contributed by atoms with van der Waals surface area (Å²) in [5.41, 5.74) is 0. The van der Waals surface area contributed by atoms with Crippen molar-refractivity contribution < 1.29 is 49.3 Å². The predicted octanol–water partition coefficient (Wildman–Crippen LogP) is 17.6. The first kappa shape index (κ1) is 77.2. The summed E-state index contributed by atoms with van der Waals surface area (Å²) in [7, 11) is 0. The van der Waals surface area contributed by atoms with Gasteiger partial charge in [0.25, 0.3) is 0 Å². The molecule has 1 rings (SSSR count). The van der Waals surface area contributed by atoms with Crippen LogP contribution in [0.2, 0.25) is 0 Å². The molecule has 1 saturated heterocycles. The zero-order valence-corrected chi connectivity index (χ0v) is 53.2. The molecule has 1 aliphatic rings. The van der Waals surface area contributed by atoms with Gasteiger partial charge in [-0.1, -0.05) is 315 Å². The van der Waals surface area contributed by atoms with Crippen LogP contribution in [0, 0.1) is 0 Å². The molecule has 1 fully saturated rings. The van der Waals surface area contributed by atoms with Gasteiger partial charge in [0.1, 0.15) is 24.4 Å². The van der Waals surface area contributed by atoms with Crippen LogP contribution in [0.15, 0.2) is 24.3 Å². The summed E-state index contributed by atoms with van der Waals surface area (Å²) in [5.74, 6) is -1.18. The van der Waals surface area contributed by atoms with E-state index in [1.54, 1.807) is 6.08 Å². The Morgan fingerprint density at radius 1 is 0.469 bits per heavy atom. The molecule has 1 amide bonds. The SMILES string of the molecule is CCCCCC/C=C\CCCCCCCCC(O)C(=O)NC(COC1OC(CO)C(O)C(O)C1OC(=O)CCCCCCCCCCCCCCCCCCCCCCCCCCC)C(O)/C=C/CCCCCCCCCCCCC. The van der Waals surface area contributed by atoms with Crippen molar-refractivity contribution >= 4 is 11.9 Å². The van der Waals surface area contributed by atoms with Gasteiger partial charge >= 0.3 is 5.97 Å². The van der Waals surface area contributed by atoms with Gasteiger partial charge in [-0.3, -0.25) is 9.59 Å². The lowest BCUT2D eigenvalue weighted by Gasteiger charge is -2.41. The third kappa shape index (κ3) is 46.1. The molecule has 6 N–H and O–H groups in total. The van der Waals surface area contributed by atoms with Crippen molar-refractivity contribution in [1.82, 2.24) is 5.32 Å². The van der Waals surface area contributed by atoms with Crippen molar-refractivity contribution in [3.63, 3.8) is 0 Å². The van der Waals surface area contributed by atoms with Gasteiger partial charge in [0.15, 0.2) is 12.4 Å². The Hall–Kier alpha value is -1.86. The molecule has 81 heavy (non-hydrogen) atoms. The molecule has 0 aromatic heterocycles. The number of hydrogen-bond donors (Lipinski definition) is 6. The molecule has 1 aliphatic heterocycles. The van der Waals surface area contributed by atoms with E-state index in [1.807, 2.05) is 6.08 Å². The summed E-state index contributed by atoms with van der Waals surface area (Å²) in [6.07, 6.45) is 59.4. The molecule has 0 aliphatic carbocycles. The number of aliphatic hydroxyl groups is 5. The molecule has 0 saturated carbocycles. The second-order valence-corrected chi connectivity index (χ2v) is 24.6. The Bertz CT molecular complexity index is 1410.